The summed E-state index contributed by atoms with van der Waals surface area (Å²) in [6.45, 7) is 0. The fourth-order valence-corrected chi connectivity index (χ4v) is 3.29. The van der Waals surface area contributed by atoms with Gasteiger partial charge < -0.3 is 15.2 Å². The van der Waals surface area contributed by atoms with Crippen molar-refractivity contribution in [3.05, 3.63) is 82.3 Å². The molecule has 0 saturated carbocycles. The van der Waals surface area contributed by atoms with Gasteiger partial charge in [-0.25, -0.2) is 4.98 Å². The molecule has 3 aromatic carbocycles. The molecule has 1 aromatic heterocycles. The van der Waals surface area contributed by atoms with Crippen LogP contribution in [0.3, 0.4) is 0 Å². The predicted molar refractivity (Wildman–Crippen MR) is 120 cm³/mol. The minimum absolute atomic E-state index is 0.188. The summed E-state index contributed by atoms with van der Waals surface area (Å²) < 4.78 is 2.89. The molecule has 0 aliphatic rings. The predicted octanol–water partition coefficient (Wildman–Crippen LogP) is 5.31. The van der Waals surface area contributed by atoms with Gasteiger partial charge in [0.25, 0.3) is 5.91 Å². The minimum Gasteiger partial charge on any atom is -0.324 e. The average molecular weight is 445 g/mol. The van der Waals surface area contributed by atoms with Crippen LogP contribution in [0.25, 0.3) is 11.0 Å². The number of imidazole rings is 1. The van der Waals surface area contributed by atoms with Crippen molar-refractivity contribution in [3.8, 4) is 12.3 Å². The maximum atomic E-state index is 12.6. The van der Waals surface area contributed by atoms with Crippen molar-refractivity contribution in [3.63, 3.8) is 0 Å². The van der Waals surface area contributed by atoms with Crippen LogP contribution in [0, 0.1) is 12.3 Å². The first-order chi connectivity index (χ1) is 14.0. The Labute approximate surface area is 176 Å². The smallest absolute Gasteiger partial charge is 0.255 e. The van der Waals surface area contributed by atoms with E-state index in [0.29, 0.717) is 11.5 Å². The lowest BCUT2D eigenvalue weighted by Crippen LogP contribution is -2.11. The number of carbonyl (C=O) groups excluding carboxylic acids is 1. The molecule has 4 aromatic rings. The Morgan fingerprint density at radius 3 is 2.62 bits per heavy atom. The van der Waals surface area contributed by atoms with E-state index in [1.54, 1.807) is 12.1 Å². The molecule has 1 amide bonds. The van der Waals surface area contributed by atoms with Crippen LogP contribution in [-0.2, 0) is 7.05 Å². The summed E-state index contributed by atoms with van der Waals surface area (Å²) in [5.41, 5.74) is 4.46. The molecule has 2 N–H and O–H groups in total. The summed E-state index contributed by atoms with van der Waals surface area (Å²) in [5.74, 6) is 3.12. The van der Waals surface area contributed by atoms with Gasteiger partial charge in [-0.05, 0) is 54.6 Å². The number of nitrogens with one attached hydrogen (secondary N) is 2. The van der Waals surface area contributed by atoms with E-state index in [-0.39, 0.29) is 5.91 Å². The topological polar surface area (TPSA) is 59.0 Å². The highest BCUT2D eigenvalue weighted by Gasteiger charge is 2.13. The number of amides is 1. The van der Waals surface area contributed by atoms with E-state index in [9.17, 15) is 4.79 Å². The zero-order valence-electron chi connectivity index (χ0n) is 15.6. The highest BCUT2D eigenvalue weighted by Crippen LogP contribution is 2.25. The SMILES string of the molecule is C#Cc1ccccc1Nc1nc2cc(C(=O)Nc3ccc(Br)cc3)ccc2n1C. The van der Waals surface area contributed by atoms with Gasteiger partial charge >= 0.3 is 0 Å². The van der Waals surface area contributed by atoms with E-state index in [1.807, 2.05) is 66.2 Å². The number of anilines is 3. The molecule has 4 rings (SSSR count). The average Bonchev–Trinajstić information content (AvgIpc) is 3.05. The van der Waals surface area contributed by atoms with E-state index < -0.39 is 0 Å². The van der Waals surface area contributed by atoms with Crippen LogP contribution in [-0.4, -0.2) is 15.5 Å². The first kappa shape index (κ1) is 18.8. The number of carbonyl (C=O) groups is 1. The third-order valence-corrected chi connectivity index (χ3v) is 5.10. The van der Waals surface area contributed by atoms with Crippen molar-refractivity contribution in [2.75, 3.05) is 10.6 Å². The Balaban J connectivity index is 1.62. The van der Waals surface area contributed by atoms with Gasteiger partial charge in [0.15, 0.2) is 0 Å². The number of terminal acetylenes is 1. The molecule has 142 valence electrons. The summed E-state index contributed by atoms with van der Waals surface area (Å²) in [5, 5.41) is 6.17. The van der Waals surface area contributed by atoms with E-state index in [0.717, 1.165) is 32.4 Å². The number of hydrogen-bond acceptors (Lipinski definition) is 3. The van der Waals surface area contributed by atoms with Gasteiger partial charge in [0.05, 0.1) is 16.7 Å². The highest BCUT2D eigenvalue weighted by atomic mass is 79.9. The molecule has 29 heavy (non-hydrogen) atoms. The number of para-hydroxylation sites is 1. The van der Waals surface area contributed by atoms with Gasteiger partial charge in [-0.15, -0.1) is 6.42 Å². The molecule has 1 heterocycles. The van der Waals surface area contributed by atoms with Crippen LogP contribution in [0.2, 0.25) is 0 Å². The molecular formula is C23H17BrN4O. The summed E-state index contributed by atoms with van der Waals surface area (Å²) in [6.07, 6.45) is 5.58. The summed E-state index contributed by atoms with van der Waals surface area (Å²) in [4.78, 5) is 17.3. The monoisotopic (exact) mass is 444 g/mol. The largest absolute Gasteiger partial charge is 0.324 e. The quantitative estimate of drug-likeness (QED) is 0.419. The molecule has 0 aliphatic carbocycles. The molecule has 0 atom stereocenters. The van der Waals surface area contributed by atoms with E-state index >= 15 is 0 Å². The molecule has 5 nitrogen and oxygen atoms in total. The van der Waals surface area contributed by atoms with Gasteiger partial charge in [0.1, 0.15) is 0 Å². The molecule has 0 radical (unpaired) electrons. The van der Waals surface area contributed by atoms with Gasteiger partial charge in [-0.3, -0.25) is 4.79 Å². The molecule has 0 spiro atoms. The van der Waals surface area contributed by atoms with Crippen LogP contribution in [0.1, 0.15) is 15.9 Å². The molecule has 6 heteroatoms. The fourth-order valence-electron chi connectivity index (χ4n) is 3.03. The molecular weight excluding hydrogens is 428 g/mol. The van der Waals surface area contributed by atoms with Gasteiger partial charge in [0, 0.05) is 28.3 Å². The Morgan fingerprint density at radius 1 is 1.10 bits per heavy atom. The van der Waals surface area contributed by atoms with Crippen LogP contribution in [0.15, 0.2) is 71.2 Å². The lowest BCUT2D eigenvalue weighted by atomic mass is 10.2. The summed E-state index contributed by atoms with van der Waals surface area (Å²) in [7, 11) is 1.91. The standard InChI is InChI=1S/C23H17BrN4O/c1-3-15-6-4-5-7-19(15)26-23-27-20-14-16(8-13-21(20)28(23)2)22(29)25-18-11-9-17(24)10-12-18/h1,4-14H,2H3,(H,25,29)(H,26,27). The van der Waals surface area contributed by atoms with Crippen molar-refractivity contribution in [2.24, 2.45) is 7.05 Å². The summed E-state index contributed by atoms with van der Waals surface area (Å²) in [6, 6.07) is 20.5. The Morgan fingerprint density at radius 2 is 1.86 bits per heavy atom. The second-order valence-electron chi connectivity index (χ2n) is 6.47. The van der Waals surface area contributed by atoms with Crippen molar-refractivity contribution < 1.29 is 4.79 Å². The Bertz CT molecular complexity index is 1250. The molecule has 0 fully saturated rings. The number of fused-ring (bicyclic) bond motifs is 1. The van der Waals surface area contributed by atoms with Crippen LogP contribution in [0.5, 0.6) is 0 Å². The third-order valence-electron chi connectivity index (χ3n) is 4.57. The van der Waals surface area contributed by atoms with Crippen LogP contribution in [0.4, 0.5) is 17.3 Å². The zero-order valence-corrected chi connectivity index (χ0v) is 17.2. The van der Waals surface area contributed by atoms with Crippen LogP contribution >= 0.6 is 15.9 Å². The molecule has 0 unspecified atom stereocenters. The number of aromatic nitrogens is 2. The van der Waals surface area contributed by atoms with Crippen molar-refractivity contribution in [1.82, 2.24) is 9.55 Å². The van der Waals surface area contributed by atoms with Crippen molar-refractivity contribution >= 4 is 50.2 Å². The number of halogens is 1. The second kappa shape index (κ2) is 7.82. The van der Waals surface area contributed by atoms with Crippen LogP contribution < -0.4 is 10.6 Å². The molecule has 0 saturated heterocycles. The fraction of sp³-hybridized carbons (Fsp3) is 0.0435. The normalized spacial score (nSPS) is 10.5. The maximum absolute atomic E-state index is 12.6. The first-order valence-corrected chi connectivity index (χ1v) is 9.70. The van der Waals surface area contributed by atoms with E-state index in [2.05, 4.69) is 37.5 Å². The third kappa shape index (κ3) is 3.86. The van der Waals surface area contributed by atoms with Gasteiger partial charge in [0.2, 0.25) is 5.95 Å². The number of hydrogen-bond donors (Lipinski definition) is 2. The number of benzene rings is 3. The van der Waals surface area contributed by atoms with Crippen molar-refractivity contribution in [1.29, 1.82) is 0 Å². The number of aryl methyl sites for hydroxylation is 1. The number of nitrogens with zero attached hydrogens (tertiary/aromatic N) is 2. The van der Waals surface area contributed by atoms with Crippen molar-refractivity contribution in [2.45, 2.75) is 0 Å². The number of rotatable bonds is 4. The summed E-state index contributed by atoms with van der Waals surface area (Å²) >= 11 is 3.39. The Hall–Kier alpha value is -3.56. The highest BCUT2D eigenvalue weighted by molar-refractivity contribution is 9.10. The molecule has 0 bridgehead atoms. The Kier molecular flexibility index (Phi) is 5.07. The molecule has 0 aliphatic heterocycles. The second-order valence-corrected chi connectivity index (χ2v) is 7.39. The lowest BCUT2D eigenvalue weighted by Gasteiger charge is -2.08. The first-order valence-electron chi connectivity index (χ1n) is 8.91. The lowest BCUT2D eigenvalue weighted by molar-refractivity contribution is 0.102. The van der Waals surface area contributed by atoms with E-state index in [1.165, 1.54) is 0 Å². The zero-order chi connectivity index (χ0) is 20.4. The minimum atomic E-state index is -0.188. The van der Waals surface area contributed by atoms with E-state index in [4.69, 9.17) is 6.42 Å². The van der Waals surface area contributed by atoms with Gasteiger partial charge in [-0.1, -0.05) is 34.0 Å². The van der Waals surface area contributed by atoms with Gasteiger partial charge in [-0.2, -0.15) is 0 Å². The maximum Gasteiger partial charge on any atom is 0.255 e.